The number of methoxy groups -OCH3 is 1. The smallest absolute Gasteiger partial charge is 0.331 e. The van der Waals surface area contributed by atoms with Gasteiger partial charge in [-0.15, -0.1) is 0 Å². The number of carbonyl (C=O) groups is 2. The Hall–Kier alpha value is -1.46. The zero-order chi connectivity index (χ0) is 17.6. The van der Waals surface area contributed by atoms with Crippen LogP contribution >= 0.6 is 23.2 Å². The van der Waals surface area contributed by atoms with Gasteiger partial charge >= 0.3 is 5.97 Å². The number of halogens is 2. The van der Waals surface area contributed by atoms with E-state index in [2.05, 4.69) is 5.32 Å². The fourth-order valence-corrected chi connectivity index (χ4v) is 2.47. The summed E-state index contributed by atoms with van der Waals surface area (Å²) in [6.07, 6.45) is 0.309. The minimum Gasteiger partial charge on any atom is -0.479 e. The van der Waals surface area contributed by atoms with Crippen molar-refractivity contribution in [1.82, 2.24) is 5.32 Å². The summed E-state index contributed by atoms with van der Waals surface area (Å²) in [5.74, 6) is -0.639. The summed E-state index contributed by atoms with van der Waals surface area (Å²) >= 11 is 11.9. The summed E-state index contributed by atoms with van der Waals surface area (Å²) in [5.41, 5.74) is -1.10. The van der Waals surface area contributed by atoms with Gasteiger partial charge in [0.15, 0.2) is 6.10 Å². The van der Waals surface area contributed by atoms with Gasteiger partial charge < -0.3 is 14.8 Å². The minimum atomic E-state index is -1.10. The molecular formula is C16H21Cl2NO4. The Morgan fingerprint density at radius 3 is 2.57 bits per heavy atom. The van der Waals surface area contributed by atoms with Gasteiger partial charge in [0.1, 0.15) is 16.3 Å². The van der Waals surface area contributed by atoms with Gasteiger partial charge in [0, 0.05) is 0 Å². The molecule has 0 saturated heterocycles. The van der Waals surface area contributed by atoms with E-state index < -0.39 is 23.5 Å². The second-order valence-electron chi connectivity index (χ2n) is 5.37. The van der Waals surface area contributed by atoms with Crippen LogP contribution in [0, 0.1) is 0 Å². The Morgan fingerprint density at radius 1 is 1.35 bits per heavy atom. The van der Waals surface area contributed by atoms with E-state index in [1.165, 1.54) is 7.11 Å². The first-order valence-corrected chi connectivity index (χ1v) is 8.02. The number of ether oxygens (including phenoxy) is 2. The van der Waals surface area contributed by atoms with E-state index in [4.69, 9.17) is 32.7 Å². The molecule has 0 heterocycles. The molecule has 23 heavy (non-hydrogen) atoms. The minimum absolute atomic E-state index is 0.234. The molecule has 2 atom stereocenters. The van der Waals surface area contributed by atoms with Crippen molar-refractivity contribution in [3.05, 3.63) is 28.2 Å². The fourth-order valence-electron chi connectivity index (χ4n) is 2.13. The number of nitrogens with one attached hydrogen (secondary N) is 1. The van der Waals surface area contributed by atoms with Gasteiger partial charge in [0.25, 0.3) is 5.91 Å². The SMILES string of the molecule is CCCC(C)(NC(=O)C(C)Oc1cccc(Cl)c1Cl)C(=O)OC. The highest BCUT2D eigenvalue weighted by atomic mass is 35.5. The molecule has 0 aliphatic heterocycles. The number of hydrogen-bond acceptors (Lipinski definition) is 4. The zero-order valence-electron chi connectivity index (χ0n) is 13.6. The highest BCUT2D eigenvalue weighted by molar-refractivity contribution is 6.42. The van der Waals surface area contributed by atoms with E-state index >= 15 is 0 Å². The molecule has 0 aliphatic rings. The molecule has 0 bridgehead atoms. The van der Waals surface area contributed by atoms with Crippen LogP contribution in [0.15, 0.2) is 18.2 Å². The Kier molecular flexibility index (Phi) is 7.16. The van der Waals surface area contributed by atoms with Gasteiger partial charge in [-0.05, 0) is 32.4 Å². The van der Waals surface area contributed by atoms with Crippen LogP contribution in [0.25, 0.3) is 0 Å². The molecule has 7 heteroatoms. The van der Waals surface area contributed by atoms with Gasteiger partial charge in [-0.2, -0.15) is 0 Å². The van der Waals surface area contributed by atoms with Crippen molar-refractivity contribution < 1.29 is 19.1 Å². The van der Waals surface area contributed by atoms with Gasteiger partial charge in [-0.25, -0.2) is 4.79 Å². The van der Waals surface area contributed by atoms with Gasteiger partial charge in [-0.3, -0.25) is 4.79 Å². The van der Waals surface area contributed by atoms with E-state index in [0.29, 0.717) is 23.6 Å². The van der Waals surface area contributed by atoms with Crippen molar-refractivity contribution in [2.45, 2.75) is 45.3 Å². The summed E-state index contributed by atoms with van der Waals surface area (Å²) < 4.78 is 10.3. The Morgan fingerprint density at radius 2 is 2.00 bits per heavy atom. The summed E-state index contributed by atoms with van der Waals surface area (Å²) in [4.78, 5) is 24.3. The molecule has 1 amide bonds. The topological polar surface area (TPSA) is 64.6 Å². The van der Waals surface area contributed by atoms with E-state index in [1.54, 1.807) is 32.0 Å². The van der Waals surface area contributed by atoms with Crippen LogP contribution in [-0.4, -0.2) is 30.6 Å². The lowest BCUT2D eigenvalue weighted by atomic mass is 9.96. The second-order valence-corrected chi connectivity index (χ2v) is 6.16. The fraction of sp³-hybridized carbons (Fsp3) is 0.500. The molecule has 0 radical (unpaired) electrons. The van der Waals surface area contributed by atoms with Crippen molar-refractivity contribution >= 4 is 35.1 Å². The first kappa shape index (κ1) is 19.6. The molecule has 0 aromatic heterocycles. The molecule has 0 saturated carbocycles. The number of esters is 1. The van der Waals surface area contributed by atoms with E-state index in [1.807, 2.05) is 6.92 Å². The van der Waals surface area contributed by atoms with Gasteiger partial charge in [0.2, 0.25) is 0 Å². The van der Waals surface area contributed by atoms with Crippen LogP contribution in [0.3, 0.4) is 0 Å². The Bertz CT molecular complexity index is 579. The average Bonchev–Trinajstić information content (AvgIpc) is 2.50. The van der Waals surface area contributed by atoms with Crippen molar-refractivity contribution in [3.63, 3.8) is 0 Å². The maximum atomic E-state index is 12.3. The molecule has 2 unspecified atom stereocenters. The highest BCUT2D eigenvalue weighted by Gasteiger charge is 2.36. The Labute approximate surface area is 146 Å². The third-order valence-corrected chi connectivity index (χ3v) is 4.18. The maximum absolute atomic E-state index is 12.3. The first-order valence-electron chi connectivity index (χ1n) is 7.26. The lowest BCUT2D eigenvalue weighted by Crippen LogP contribution is -2.55. The molecule has 128 valence electrons. The predicted molar refractivity (Wildman–Crippen MR) is 90.0 cm³/mol. The van der Waals surface area contributed by atoms with Crippen LogP contribution in [-0.2, 0) is 14.3 Å². The highest BCUT2D eigenvalue weighted by Crippen LogP contribution is 2.32. The van der Waals surface area contributed by atoms with Gasteiger partial charge in [-0.1, -0.05) is 42.6 Å². The molecule has 0 spiro atoms. The third kappa shape index (κ3) is 5.01. The number of benzene rings is 1. The molecule has 0 fully saturated rings. The molecule has 5 nitrogen and oxygen atoms in total. The lowest BCUT2D eigenvalue weighted by Gasteiger charge is -2.29. The molecule has 1 rings (SSSR count). The summed E-state index contributed by atoms with van der Waals surface area (Å²) in [6, 6.07) is 4.91. The van der Waals surface area contributed by atoms with Crippen molar-refractivity contribution in [1.29, 1.82) is 0 Å². The zero-order valence-corrected chi connectivity index (χ0v) is 15.1. The molecule has 1 N–H and O–H groups in total. The van der Waals surface area contributed by atoms with Crippen molar-refractivity contribution in [2.24, 2.45) is 0 Å². The maximum Gasteiger partial charge on any atom is 0.331 e. The van der Waals surface area contributed by atoms with Crippen LogP contribution < -0.4 is 10.1 Å². The van der Waals surface area contributed by atoms with E-state index in [0.717, 1.165) is 0 Å². The lowest BCUT2D eigenvalue weighted by molar-refractivity contribution is -0.151. The first-order chi connectivity index (χ1) is 10.7. The van der Waals surface area contributed by atoms with Crippen molar-refractivity contribution in [2.75, 3.05) is 7.11 Å². The number of rotatable bonds is 7. The monoisotopic (exact) mass is 361 g/mol. The number of amides is 1. The molecule has 1 aromatic carbocycles. The van der Waals surface area contributed by atoms with Crippen LogP contribution in [0.1, 0.15) is 33.6 Å². The standard InChI is InChI=1S/C16H21Cl2NO4/c1-5-9-16(3,15(21)22-4)19-14(20)10(2)23-12-8-6-7-11(17)13(12)18/h6-8,10H,5,9H2,1-4H3,(H,19,20). The predicted octanol–water partition coefficient (Wildman–Crippen LogP) is 3.61. The summed E-state index contributed by atoms with van der Waals surface area (Å²) in [7, 11) is 1.29. The van der Waals surface area contributed by atoms with Crippen LogP contribution in [0.4, 0.5) is 0 Å². The third-order valence-electron chi connectivity index (χ3n) is 3.37. The van der Waals surface area contributed by atoms with E-state index in [9.17, 15) is 9.59 Å². The van der Waals surface area contributed by atoms with E-state index in [-0.39, 0.29) is 5.02 Å². The van der Waals surface area contributed by atoms with Crippen LogP contribution in [0.2, 0.25) is 10.0 Å². The second kappa shape index (κ2) is 8.41. The molecule has 0 aliphatic carbocycles. The molecular weight excluding hydrogens is 341 g/mol. The largest absolute Gasteiger partial charge is 0.479 e. The quantitative estimate of drug-likeness (QED) is 0.753. The van der Waals surface area contributed by atoms with Crippen molar-refractivity contribution in [3.8, 4) is 5.75 Å². The molecule has 1 aromatic rings. The number of carbonyl (C=O) groups excluding carboxylic acids is 2. The van der Waals surface area contributed by atoms with Gasteiger partial charge in [0.05, 0.1) is 12.1 Å². The summed E-state index contributed by atoms with van der Waals surface area (Å²) in [5, 5.41) is 3.25. The summed E-state index contributed by atoms with van der Waals surface area (Å²) in [6.45, 7) is 5.11. The van der Waals surface area contributed by atoms with Crippen LogP contribution in [0.5, 0.6) is 5.75 Å². The average molecular weight is 362 g/mol. The normalized spacial score (nSPS) is 14.5. The number of hydrogen-bond donors (Lipinski definition) is 1. The Balaban J connectivity index is 2.83.